The van der Waals surface area contributed by atoms with Crippen molar-refractivity contribution in [3.8, 4) is 11.4 Å². The maximum absolute atomic E-state index is 5.92. The monoisotopic (exact) mass is 304 g/mol. The molecule has 20 heavy (non-hydrogen) atoms. The Kier molecular flexibility index (Phi) is 3.71. The fourth-order valence-electron chi connectivity index (χ4n) is 1.88. The first-order chi connectivity index (χ1) is 9.70. The standard InChI is InChI=1S/C14H13ClN4S/c1-9-17-14(19-18-9)10-3-2-4-11(7-10)16-8-12-5-6-13(15)20-12/h2-7,16H,8H2,1H3,(H,17,18,19). The van der Waals surface area contributed by atoms with Gasteiger partial charge in [0.2, 0.25) is 0 Å². The lowest BCUT2D eigenvalue weighted by molar-refractivity contribution is 1.04. The van der Waals surface area contributed by atoms with Crippen LogP contribution in [0.2, 0.25) is 4.34 Å². The predicted molar refractivity (Wildman–Crippen MR) is 83.2 cm³/mol. The molecular weight excluding hydrogens is 292 g/mol. The number of aromatic nitrogens is 3. The molecular formula is C14H13ClN4S. The summed E-state index contributed by atoms with van der Waals surface area (Å²) in [5, 5.41) is 10.4. The van der Waals surface area contributed by atoms with Gasteiger partial charge in [-0.15, -0.1) is 11.3 Å². The minimum atomic E-state index is 0.713. The summed E-state index contributed by atoms with van der Waals surface area (Å²) < 4.78 is 0.812. The maximum Gasteiger partial charge on any atom is 0.181 e. The zero-order chi connectivity index (χ0) is 13.9. The Balaban J connectivity index is 1.74. The van der Waals surface area contributed by atoms with E-state index in [-0.39, 0.29) is 0 Å². The van der Waals surface area contributed by atoms with Crippen LogP contribution in [0.3, 0.4) is 0 Å². The summed E-state index contributed by atoms with van der Waals surface area (Å²) in [5.74, 6) is 1.52. The molecule has 4 nitrogen and oxygen atoms in total. The van der Waals surface area contributed by atoms with Crippen LogP contribution in [0.4, 0.5) is 5.69 Å². The van der Waals surface area contributed by atoms with Crippen LogP contribution < -0.4 is 5.32 Å². The number of benzene rings is 1. The molecule has 0 aliphatic carbocycles. The van der Waals surface area contributed by atoms with Crippen LogP contribution in [-0.2, 0) is 6.54 Å². The molecule has 0 saturated heterocycles. The Morgan fingerprint density at radius 2 is 2.20 bits per heavy atom. The summed E-state index contributed by atoms with van der Waals surface area (Å²) in [6.45, 7) is 2.65. The maximum atomic E-state index is 5.92. The number of thiophene rings is 1. The van der Waals surface area contributed by atoms with Gasteiger partial charge in [-0.2, -0.15) is 5.10 Å². The molecule has 6 heteroatoms. The van der Waals surface area contributed by atoms with E-state index in [2.05, 4.69) is 20.5 Å². The average Bonchev–Trinajstić information content (AvgIpc) is 3.06. The molecule has 0 unspecified atom stereocenters. The number of hydrogen-bond donors (Lipinski definition) is 2. The van der Waals surface area contributed by atoms with E-state index in [4.69, 9.17) is 11.6 Å². The summed E-state index contributed by atoms with van der Waals surface area (Å²) in [5.41, 5.74) is 2.03. The van der Waals surface area contributed by atoms with Crippen molar-refractivity contribution in [2.45, 2.75) is 13.5 Å². The zero-order valence-corrected chi connectivity index (χ0v) is 12.4. The van der Waals surface area contributed by atoms with E-state index >= 15 is 0 Å². The first-order valence-electron chi connectivity index (χ1n) is 6.18. The summed E-state index contributed by atoms with van der Waals surface area (Å²) in [4.78, 5) is 5.54. The third kappa shape index (κ3) is 3.00. The Morgan fingerprint density at radius 1 is 1.30 bits per heavy atom. The second-order valence-corrected chi connectivity index (χ2v) is 6.18. The first kappa shape index (κ1) is 13.1. The molecule has 2 heterocycles. The summed E-state index contributed by atoms with van der Waals surface area (Å²) >= 11 is 7.50. The molecule has 0 radical (unpaired) electrons. The molecule has 0 atom stereocenters. The van der Waals surface area contributed by atoms with Gasteiger partial charge in [-0.1, -0.05) is 23.7 Å². The molecule has 0 spiro atoms. The van der Waals surface area contributed by atoms with Crippen molar-refractivity contribution >= 4 is 28.6 Å². The molecule has 102 valence electrons. The van der Waals surface area contributed by atoms with Crippen LogP contribution in [0.1, 0.15) is 10.7 Å². The number of aryl methyl sites for hydroxylation is 1. The van der Waals surface area contributed by atoms with Crippen molar-refractivity contribution in [2.75, 3.05) is 5.32 Å². The van der Waals surface area contributed by atoms with Gasteiger partial charge >= 0.3 is 0 Å². The lowest BCUT2D eigenvalue weighted by Gasteiger charge is -2.05. The van der Waals surface area contributed by atoms with E-state index in [1.165, 1.54) is 4.88 Å². The second-order valence-electron chi connectivity index (χ2n) is 4.38. The number of aromatic amines is 1. The van der Waals surface area contributed by atoms with Crippen LogP contribution in [0.25, 0.3) is 11.4 Å². The third-order valence-electron chi connectivity index (χ3n) is 2.81. The van der Waals surface area contributed by atoms with E-state index in [1.54, 1.807) is 11.3 Å². The van der Waals surface area contributed by atoms with Crippen molar-refractivity contribution in [1.29, 1.82) is 0 Å². The van der Waals surface area contributed by atoms with Crippen LogP contribution in [0.15, 0.2) is 36.4 Å². The largest absolute Gasteiger partial charge is 0.380 e. The molecule has 0 aliphatic rings. The van der Waals surface area contributed by atoms with E-state index in [0.717, 1.165) is 28.0 Å². The van der Waals surface area contributed by atoms with Crippen LogP contribution in [-0.4, -0.2) is 15.2 Å². The summed E-state index contributed by atoms with van der Waals surface area (Å²) in [7, 11) is 0. The van der Waals surface area contributed by atoms with E-state index in [1.807, 2.05) is 43.3 Å². The van der Waals surface area contributed by atoms with Gasteiger partial charge < -0.3 is 5.32 Å². The van der Waals surface area contributed by atoms with Gasteiger partial charge in [0.1, 0.15) is 5.82 Å². The van der Waals surface area contributed by atoms with Crippen LogP contribution in [0, 0.1) is 6.92 Å². The number of nitrogens with one attached hydrogen (secondary N) is 2. The van der Waals surface area contributed by atoms with Crippen molar-refractivity contribution in [3.05, 3.63) is 51.4 Å². The highest BCUT2D eigenvalue weighted by Gasteiger charge is 2.04. The summed E-state index contributed by atoms with van der Waals surface area (Å²) in [6.07, 6.45) is 0. The van der Waals surface area contributed by atoms with Crippen LogP contribution in [0.5, 0.6) is 0 Å². The molecule has 2 aromatic heterocycles. The van der Waals surface area contributed by atoms with Gasteiger partial charge in [0.25, 0.3) is 0 Å². The molecule has 0 fully saturated rings. The molecule has 3 aromatic rings. The van der Waals surface area contributed by atoms with Crippen molar-refractivity contribution in [1.82, 2.24) is 15.2 Å². The lowest BCUT2D eigenvalue weighted by Crippen LogP contribution is -1.97. The van der Waals surface area contributed by atoms with Gasteiger partial charge in [0, 0.05) is 22.7 Å². The first-order valence-corrected chi connectivity index (χ1v) is 7.38. The highest BCUT2D eigenvalue weighted by molar-refractivity contribution is 7.16. The molecule has 0 amide bonds. The molecule has 0 aliphatic heterocycles. The SMILES string of the molecule is Cc1nc(-c2cccc(NCc3ccc(Cl)s3)c2)n[nH]1. The van der Waals surface area contributed by atoms with Gasteiger partial charge in [-0.3, -0.25) is 5.10 Å². The zero-order valence-electron chi connectivity index (χ0n) is 10.9. The van der Waals surface area contributed by atoms with E-state index in [0.29, 0.717) is 5.82 Å². The molecule has 2 N–H and O–H groups in total. The summed E-state index contributed by atoms with van der Waals surface area (Å²) in [6, 6.07) is 12.0. The fraction of sp³-hybridized carbons (Fsp3) is 0.143. The Bertz CT molecular complexity index is 719. The Morgan fingerprint density at radius 3 is 2.90 bits per heavy atom. The van der Waals surface area contributed by atoms with Gasteiger partial charge in [-0.25, -0.2) is 4.98 Å². The molecule has 1 aromatic carbocycles. The number of anilines is 1. The van der Waals surface area contributed by atoms with Gasteiger partial charge in [0.15, 0.2) is 5.82 Å². The normalized spacial score (nSPS) is 10.7. The third-order valence-corrected chi connectivity index (χ3v) is 4.04. The van der Waals surface area contributed by atoms with Gasteiger partial charge in [0.05, 0.1) is 4.34 Å². The van der Waals surface area contributed by atoms with Gasteiger partial charge in [-0.05, 0) is 31.2 Å². The van der Waals surface area contributed by atoms with Crippen molar-refractivity contribution < 1.29 is 0 Å². The van der Waals surface area contributed by atoms with E-state index in [9.17, 15) is 0 Å². The smallest absolute Gasteiger partial charge is 0.181 e. The Hall–Kier alpha value is -1.85. The Labute approximate surface area is 125 Å². The van der Waals surface area contributed by atoms with Crippen LogP contribution >= 0.6 is 22.9 Å². The average molecular weight is 305 g/mol. The number of hydrogen-bond acceptors (Lipinski definition) is 4. The number of nitrogens with zero attached hydrogens (tertiary/aromatic N) is 2. The second kappa shape index (κ2) is 5.64. The topological polar surface area (TPSA) is 53.6 Å². The fourth-order valence-corrected chi connectivity index (χ4v) is 2.90. The molecule has 0 bridgehead atoms. The number of rotatable bonds is 4. The minimum absolute atomic E-state index is 0.713. The number of H-pyrrole nitrogens is 1. The molecule has 3 rings (SSSR count). The number of halogens is 1. The minimum Gasteiger partial charge on any atom is -0.380 e. The van der Waals surface area contributed by atoms with E-state index < -0.39 is 0 Å². The van der Waals surface area contributed by atoms with Crippen molar-refractivity contribution in [3.63, 3.8) is 0 Å². The predicted octanol–water partition coefficient (Wildman–Crippen LogP) is 4.11. The molecule has 0 saturated carbocycles. The van der Waals surface area contributed by atoms with Crippen molar-refractivity contribution in [2.24, 2.45) is 0 Å². The highest BCUT2D eigenvalue weighted by Crippen LogP contribution is 2.23. The highest BCUT2D eigenvalue weighted by atomic mass is 35.5. The lowest BCUT2D eigenvalue weighted by atomic mass is 10.2. The quantitative estimate of drug-likeness (QED) is 0.762.